The van der Waals surface area contributed by atoms with Crippen molar-refractivity contribution in [1.29, 1.82) is 0 Å². The maximum Gasteiger partial charge on any atom is 0.274 e. The molecule has 1 aromatic heterocycles. The van der Waals surface area contributed by atoms with Crippen molar-refractivity contribution in [2.45, 2.75) is 63.1 Å². The molecule has 5 rings (SSSR count). The Bertz CT molecular complexity index is 1330. The first-order valence-electron chi connectivity index (χ1n) is 11.6. The molecule has 5 atom stereocenters. The van der Waals surface area contributed by atoms with Gasteiger partial charge in [-0.15, -0.1) is 0 Å². The SMILES string of the molecule is CC1[C@@H](F)[C@]2(CC[C@H](C)N3C[C@H]2n2cc(C(N)=O)c(=O)c(O)c2C3=O)ON1Cc1ccc(F)cc1F. The van der Waals surface area contributed by atoms with E-state index in [1.54, 1.807) is 13.8 Å². The fraction of sp³-hybridized carbons (Fsp3) is 0.458. The van der Waals surface area contributed by atoms with Crippen LogP contribution in [0.5, 0.6) is 5.75 Å². The maximum absolute atomic E-state index is 16.2. The van der Waals surface area contributed by atoms with Crippen LogP contribution < -0.4 is 11.2 Å². The van der Waals surface area contributed by atoms with Crippen LogP contribution in [0.15, 0.2) is 29.2 Å². The molecule has 4 heterocycles. The number of aromatic nitrogens is 1. The van der Waals surface area contributed by atoms with Gasteiger partial charge in [0.05, 0.1) is 18.6 Å². The Hall–Kier alpha value is -3.38. The summed E-state index contributed by atoms with van der Waals surface area (Å²) >= 11 is 0. The fourth-order valence-corrected chi connectivity index (χ4v) is 5.60. The van der Waals surface area contributed by atoms with Crippen LogP contribution in [0.25, 0.3) is 0 Å². The van der Waals surface area contributed by atoms with E-state index >= 15 is 4.39 Å². The molecule has 3 aliphatic rings. The van der Waals surface area contributed by atoms with Crippen molar-refractivity contribution in [2.24, 2.45) is 5.73 Å². The molecule has 1 aromatic carbocycles. The molecule has 2 saturated heterocycles. The summed E-state index contributed by atoms with van der Waals surface area (Å²) in [5.41, 5.74) is 1.84. The molecule has 9 nitrogen and oxygen atoms in total. The maximum atomic E-state index is 16.2. The highest BCUT2D eigenvalue weighted by atomic mass is 19.1. The summed E-state index contributed by atoms with van der Waals surface area (Å²) in [7, 11) is 0. The number of carbonyl (C=O) groups excluding carboxylic acids is 2. The predicted molar refractivity (Wildman–Crippen MR) is 120 cm³/mol. The van der Waals surface area contributed by atoms with E-state index in [1.807, 2.05) is 0 Å². The average molecular weight is 506 g/mol. The smallest absolute Gasteiger partial charge is 0.274 e. The lowest BCUT2D eigenvalue weighted by Crippen LogP contribution is -2.55. The first kappa shape index (κ1) is 24.3. The number of fused-ring (bicyclic) bond motifs is 5. The Balaban J connectivity index is 1.63. The third-order valence-corrected chi connectivity index (χ3v) is 7.67. The first-order chi connectivity index (χ1) is 17.0. The summed E-state index contributed by atoms with van der Waals surface area (Å²) in [6.07, 6.45) is -0.0799. The Morgan fingerprint density at radius 1 is 1.28 bits per heavy atom. The van der Waals surface area contributed by atoms with Gasteiger partial charge in [0.2, 0.25) is 5.43 Å². The summed E-state index contributed by atoms with van der Waals surface area (Å²) in [6.45, 7) is 3.15. The number of nitrogens with zero attached hydrogens (tertiary/aromatic N) is 3. The van der Waals surface area contributed by atoms with E-state index in [0.717, 1.165) is 18.3 Å². The zero-order chi connectivity index (χ0) is 26.1. The van der Waals surface area contributed by atoms with E-state index in [4.69, 9.17) is 10.6 Å². The molecule has 2 bridgehead atoms. The Kier molecular flexibility index (Phi) is 5.63. The minimum atomic E-state index is -1.64. The lowest BCUT2D eigenvalue weighted by Gasteiger charge is -2.43. The number of aromatic hydroxyl groups is 1. The van der Waals surface area contributed by atoms with Gasteiger partial charge in [-0.3, -0.25) is 19.2 Å². The van der Waals surface area contributed by atoms with Crippen molar-refractivity contribution in [2.75, 3.05) is 6.54 Å². The van der Waals surface area contributed by atoms with E-state index in [1.165, 1.54) is 20.6 Å². The third kappa shape index (κ3) is 3.42. The van der Waals surface area contributed by atoms with Gasteiger partial charge in [-0.05, 0) is 32.8 Å². The fourth-order valence-electron chi connectivity index (χ4n) is 5.60. The molecule has 0 saturated carbocycles. The standard InChI is InChI=1S/C24H25F3N4O5/c1-11-5-6-24(21(27)12(2)31(36-24)8-13-3-4-14(25)7-16(13)26)17-10-29(11)23(35)18-20(33)19(32)15(22(28)34)9-30(17)18/h3-4,7,9,11-12,17,21,33H,5-6,8,10H2,1-2H3,(H2,28,34)/t11-,12?,17+,21+,24+/m0/s1. The van der Waals surface area contributed by atoms with Gasteiger partial charge in [0.15, 0.2) is 17.6 Å². The van der Waals surface area contributed by atoms with E-state index in [0.29, 0.717) is 6.42 Å². The van der Waals surface area contributed by atoms with Crippen molar-refractivity contribution < 1.29 is 32.7 Å². The predicted octanol–water partition coefficient (Wildman–Crippen LogP) is 2.02. The van der Waals surface area contributed by atoms with E-state index in [9.17, 15) is 28.3 Å². The van der Waals surface area contributed by atoms with Gasteiger partial charge in [0, 0.05) is 30.4 Å². The number of benzene rings is 1. The summed E-state index contributed by atoms with van der Waals surface area (Å²) in [5, 5.41) is 11.9. The van der Waals surface area contributed by atoms with Crippen molar-refractivity contribution in [3.8, 4) is 5.75 Å². The van der Waals surface area contributed by atoms with Crippen molar-refractivity contribution >= 4 is 11.8 Å². The van der Waals surface area contributed by atoms with Gasteiger partial charge in [0.25, 0.3) is 11.8 Å². The second-order valence-electron chi connectivity index (χ2n) is 9.70. The normalized spacial score (nSPS) is 29.9. The quantitative estimate of drug-likeness (QED) is 0.658. The van der Waals surface area contributed by atoms with Crippen LogP contribution in [-0.2, 0) is 11.4 Å². The van der Waals surface area contributed by atoms with Crippen molar-refractivity contribution in [3.63, 3.8) is 0 Å². The second-order valence-corrected chi connectivity index (χ2v) is 9.70. The van der Waals surface area contributed by atoms with Gasteiger partial charge >= 0.3 is 0 Å². The largest absolute Gasteiger partial charge is 0.503 e. The summed E-state index contributed by atoms with van der Waals surface area (Å²) in [4.78, 5) is 45.4. The number of primary amides is 1. The van der Waals surface area contributed by atoms with Gasteiger partial charge < -0.3 is 20.3 Å². The molecule has 192 valence electrons. The highest BCUT2D eigenvalue weighted by Gasteiger charge is 2.61. The number of carbonyl (C=O) groups is 2. The molecular weight excluding hydrogens is 481 g/mol. The molecule has 2 amide bonds. The van der Waals surface area contributed by atoms with Crippen LogP contribution >= 0.6 is 0 Å². The molecule has 12 heteroatoms. The minimum Gasteiger partial charge on any atom is -0.503 e. The van der Waals surface area contributed by atoms with Crippen LogP contribution in [0.3, 0.4) is 0 Å². The summed E-state index contributed by atoms with van der Waals surface area (Å²) < 4.78 is 45.2. The lowest BCUT2D eigenvalue weighted by molar-refractivity contribution is -0.230. The van der Waals surface area contributed by atoms with Crippen LogP contribution in [0.2, 0.25) is 0 Å². The number of alkyl halides is 1. The molecule has 36 heavy (non-hydrogen) atoms. The highest BCUT2D eigenvalue weighted by Crippen LogP contribution is 2.50. The highest BCUT2D eigenvalue weighted by molar-refractivity contribution is 5.99. The van der Waals surface area contributed by atoms with Crippen molar-refractivity contribution in [1.82, 2.24) is 14.5 Å². The number of hydroxylamine groups is 2. The van der Waals surface area contributed by atoms with E-state index in [-0.39, 0.29) is 36.8 Å². The average Bonchev–Trinajstić information content (AvgIpc) is 2.97. The molecule has 3 aliphatic heterocycles. The zero-order valence-electron chi connectivity index (χ0n) is 19.6. The van der Waals surface area contributed by atoms with Gasteiger partial charge in [-0.2, -0.15) is 5.06 Å². The zero-order valence-corrected chi connectivity index (χ0v) is 19.6. The Morgan fingerprint density at radius 3 is 2.67 bits per heavy atom. The Labute approximate surface area is 203 Å². The van der Waals surface area contributed by atoms with Gasteiger partial charge in [-0.1, -0.05) is 6.07 Å². The molecule has 2 fully saturated rings. The minimum absolute atomic E-state index is 0.0145. The molecule has 2 aromatic rings. The number of hydrogen-bond donors (Lipinski definition) is 2. The molecule has 1 unspecified atom stereocenters. The van der Waals surface area contributed by atoms with Crippen LogP contribution in [-0.4, -0.2) is 61.9 Å². The van der Waals surface area contributed by atoms with Gasteiger partial charge in [-0.25, -0.2) is 13.2 Å². The molecule has 0 radical (unpaired) electrons. The number of pyridine rings is 1. The van der Waals surface area contributed by atoms with Crippen molar-refractivity contribution in [3.05, 3.63) is 63.1 Å². The number of amides is 2. The van der Waals surface area contributed by atoms with Gasteiger partial charge in [0.1, 0.15) is 22.8 Å². The van der Waals surface area contributed by atoms with Crippen LogP contribution in [0.4, 0.5) is 13.2 Å². The van der Waals surface area contributed by atoms with Crippen LogP contribution in [0, 0.1) is 11.6 Å². The molecule has 0 aliphatic carbocycles. The Morgan fingerprint density at radius 2 is 2.00 bits per heavy atom. The molecule has 1 spiro atoms. The number of hydrogen-bond acceptors (Lipinski definition) is 6. The molecular formula is C24H25F3N4O5. The second kappa shape index (κ2) is 8.34. The number of nitrogens with two attached hydrogens (primary N) is 1. The first-order valence-corrected chi connectivity index (χ1v) is 11.6. The van der Waals surface area contributed by atoms with Crippen LogP contribution in [0.1, 0.15) is 59.1 Å². The third-order valence-electron chi connectivity index (χ3n) is 7.67. The number of halogens is 3. The lowest BCUT2D eigenvalue weighted by atomic mass is 9.82. The van der Waals surface area contributed by atoms with E-state index < -0.39 is 64.0 Å². The topological polar surface area (TPSA) is 118 Å². The number of rotatable bonds is 3. The summed E-state index contributed by atoms with van der Waals surface area (Å²) in [6, 6.07) is 0.916. The summed E-state index contributed by atoms with van der Waals surface area (Å²) in [5.74, 6) is -4.23. The van der Waals surface area contributed by atoms with E-state index in [2.05, 4.69) is 0 Å². The monoisotopic (exact) mass is 506 g/mol. The molecule has 3 N–H and O–H groups in total.